The van der Waals surface area contributed by atoms with Gasteiger partial charge in [0.25, 0.3) is 5.91 Å². The molecule has 0 atom stereocenters. The van der Waals surface area contributed by atoms with E-state index in [9.17, 15) is 9.90 Å². The van der Waals surface area contributed by atoms with Gasteiger partial charge in [-0.05, 0) is 61.2 Å². The number of aromatic hydroxyl groups is 1. The highest BCUT2D eigenvalue weighted by atomic mass is 16.3. The number of carbonyl (C=O) groups is 1. The first-order valence-electron chi connectivity index (χ1n) is 6.86. The number of amides is 1. The van der Waals surface area contributed by atoms with Crippen LogP contribution in [0.3, 0.4) is 0 Å². The Bertz CT molecular complexity index is 753. The third-order valence-corrected chi connectivity index (χ3v) is 3.47. The number of rotatable bonds is 3. The summed E-state index contributed by atoms with van der Waals surface area (Å²) in [5.41, 5.74) is 4.24. The smallest absolute Gasteiger partial charge is 0.274 e. The number of pyridine rings is 1. The van der Waals surface area contributed by atoms with Gasteiger partial charge in [0.1, 0.15) is 5.75 Å². The summed E-state index contributed by atoms with van der Waals surface area (Å²) in [7, 11) is 0. The molecule has 0 bridgehead atoms. The average Bonchev–Trinajstić information content (AvgIpc) is 2.45. The molecule has 1 aromatic carbocycles. The van der Waals surface area contributed by atoms with Gasteiger partial charge in [-0.2, -0.15) is 5.26 Å². The van der Waals surface area contributed by atoms with Gasteiger partial charge in [-0.3, -0.25) is 4.79 Å². The molecular formula is C17H17N3O2. The number of benzene rings is 1. The maximum atomic E-state index is 12.1. The van der Waals surface area contributed by atoms with Gasteiger partial charge in [-0.1, -0.05) is 0 Å². The minimum atomic E-state index is -0.430. The highest BCUT2D eigenvalue weighted by Crippen LogP contribution is 2.18. The zero-order valence-corrected chi connectivity index (χ0v) is 12.8. The van der Waals surface area contributed by atoms with E-state index in [1.807, 2.05) is 13.8 Å². The molecule has 1 aromatic heterocycles. The van der Waals surface area contributed by atoms with Crippen LogP contribution in [-0.4, -0.2) is 16.0 Å². The summed E-state index contributed by atoms with van der Waals surface area (Å²) in [4.78, 5) is 16.1. The molecule has 0 spiro atoms. The Kier molecular flexibility index (Phi) is 4.42. The molecule has 5 heteroatoms. The van der Waals surface area contributed by atoms with E-state index >= 15 is 0 Å². The van der Waals surface area contributed by atoms with Gasteiger partial charge in [0.05, 0.1) is 11.6 Å². The maximum absolute atomic E-state index is 12.1. The number of nitriles is 1. The van der Waals surface area contributed by atoms with Crippen molar-refractivity contribution in [1.82, 2.24) is 10.3 Å². The number of carbonyl (C=O) groups excluding carboxylic acids is 1. The van der Waals surface area contributed by atoms with E-state index in [0.717, 1.165) is 22.3 Å². The minimum Gasteiger partial charge on any atom is -0.505 e. The normalized spacial score (nSPS) is 10.1. The number of hydrogen-bond acceptors (Lipinski definition) is 4. The van der Waals surface area contributed by atoms with Crippen LogP contribution in [0.15, 0.2) is 24.4 Å². The zero-order valence-electron chi connectivity index (χ0n) is 12.8. The topological polar surface area (TPSA) is 86.0 Å². The first kappa shape index (κ1) is 15.5. The van der Waals surface area contributed by atoms with Gasteiger partial charge < -0.3 is 10.4 Å². The van der Waals surface area contributed by atoms with E-state index in [0.29, 0.717) is 12.1 Å². The molecule has 0 aliphatic heterocycles. The average molecular weight is 295 g/mol. The molecule has 5 nitrogen and oxygen atoms in total. The zero-order chi connectivity index (χ0) is 16.3. The number of aryl methyl sites for hydroxylation is 3. The Balaban J connectivity index is 2.17. The Morgan fingerprint density at radius 1 is 1.27 bits per heavy atom. The highest BCUT2D eigenvalue weighted by molar-refractivity contribution is 5.94. The van der Waals surface area contributed by atoms with Gasteiger partial charge >= 0.3 is 0 Å². The quantitative estimate of drug-likeness (QED) is 0.911. The van der Waals surface area contributed by atoms with E-state index in [4.69, 9.17) is 5.26 Å². The van der Waals surface area contributed by atoms with Crippen LogP contribution in [0.2, 0.25) is 0 Å². The Morgan fingerprint density at radius 3 is 2.45 bits per heavy atom. The summed E-state index contributed by atoms with van der Waals surface area (Å²) < 4.78 is 0. The van der Waals surface area contributed by atoms with E-state index in [1.165, 1.54) is 12.3 Å². The molecule has 0 aliphatic rings. The predicted octanol–water partition coefficient (Wildman–Crippen LogP) is 2.51. The number of aromatic nitrogens is 1. The minimum absolute atomic E-state index is 0.00884. The molecule has 2 rings (SSSR count). The first-order valence-corrected chi connectivity index (χ1v) is 6.86. The molecule has 2 aromatic rings. The SMILES string of the molecule is Cc1cnc(C(=O)NCc2c(C)cc(C#N)cc2C)c(O)c1. The van der Waals surface area contributed by atoms with Gasteiger partial charge in [0.15, 0.2) is 5.69 Å². The molecule has 112 valence electrons. The number of nitrogens with zero attached hydrogens (tertiary/aromatic N) is 2. The molecule has 0 radical (unpaired) electrons. The van der Waals surface area contributed by atoms with Crippen LogP contribution in [0.5, 0.6) is 5.75 Å². The maximum Gasteiger partial charge on any atom is 0.274 e. The fourth-order valence-electron chi connectivity index (χ4n) is 2.32. The van der Waals surface area contributed by atoms with Crippen molar-refractivity contribution >= 4 is 5.91 Å². The predicted molar refractivity (Wildman–Crippen MR) is 82.4 cm³/mol. The molecule has 0 saturated carbocycles. The Hall–Kier alpha value is -2.87. The second-order valence-electron chi connectivity index (χ2n) is 5.26. The van der Waals surface area contributed by atoms with E-state index < -0.39 is 5.91 Å². The summed E-state index contributed by atoms with van der Waals surface area (Å²) in [5.74, 6) is -0.563. The van der Waals surface area contributed by atoms with Crippen LogP contribution >= 0.6 is 0 Å². The van der Waals surface area contributed by atoms with Gasteiger partial charge in [0.2, 0.25) is 0 Å². The first-order chi connectivity index (χ1) is 10.4. The summed E-state index contributed by atoms with van der Waals surface area (Å²) in [6.45, 7) is 5.91. The molecule has 1 amide bonds. The van der Waals surface area contributed by atoms with E-state index in [-0.39, 0.29) is 11.4 Å². The van der Waals surface area contributed by atoms with Gasteiger partial charge in [-0.15, -0.1) is 0 Å². The van der Waals surface area contributed by atoms with Crippen molar-refractivity contribution in [3.8, 4) is 11.8 Å². The molecule has 22 heavy (non-hydrogen) atoms. The number of hydrogen-bond donors (Lipinski definition) is 2. The third-order valence-electron chi connectivity index (χ3n) is 3.47. The fourth-order valence-corrected chi connectivity index (χ4v) is 2.32. The fraction of sp³-hybridized carbons (Fsp3) is 0.235. The second kappa shape index (κ2) is 6.27. The van der Waals surface area contributed by atoms with Crippen LogP contribution in [-0.2, 0) is 6.54 Å². The Labute approximate surface area is 129 Å². The monoisotopic (exact) mass is 295 g/mol. The lowest BCUT2D eigenvalue weighted by Crippen LogP contribution is -2.24. The van der Waals surface area contributed by atoms with Gasteiger partial charge in [-0.25, -0.2) is 4.98 Å². The van der Waals surface area contributed by atoms with Crippen molar-refractivity contribution in [2.75, 3.05) is 0 Å². The standard InChI is InChI=1S/C17H17N3O2/c1-10-4-15(21)16(19-8-10)17(22)20-9-14-11(2)5-13(7-18)6-12(14)3/h4-6,8,21H,9H2,1-3H3,(H,20,22). The molecule has 0 unspecified atom stereocenters. The van der Waals surface area contributed by atoms with Crippen molar-refractivity contribution in [2.45, 2.75) is 27.3 Å². The van der Waals surface area contributed by atoms with Crippen molar-refractivity contribution in [1.29, 1.82) is 5.26 Å². The molecule has 0 saturated heterocycles. The lowest BCUT2D eigenvalue weighted by atomic mass is 9.99. The third kappa shape index (κ3) is 3.23. The number of nitrogens with one attached hydrogen (secondary N) is 1. The van der Waals surface area contributed by atoms with Crippen molar-refractivity contribution < 1.29 is 9.90 Å². The van der Waals surface area contributed by atoms with Crippen LogP contribution in [0.25, 0.3) is 0 Å². The molecule has 0 aliphatic carbocycles. The van der Waals surface area contributed by atoms with Crippen LogP contribution in [0.4, 0.5) is 0 Å². The highest BCUT2D eigenvalue weighted by Gasteiger charge is 2.14. The lowest BCUT2D eigenvalue weighted by Gasteiger charge is -2.12. The van der Waals surface area contributed by atoms with Crippen LogP contribution in [0, 0.1) is 32.1 Å². The Morgan fingerprint density at radius 2 is 1.91 bits per heavy atom. The van der Waals surface area contributed by atoms with Crippen molar-refractivity contribution in [3.05, 3.63) is 57.9 Å². The lowest BCUT2D eigenvalue weighted by molar-refractivity contribution is 0.0943. The summed E-state index contributed by atoms with van der Waals surface area (Å²) in [6, 6.07) is 7.18. The summed E-state index contributed by atoms with van der Waals surface area (Å²) in [6.07, 6.45) is 1.53. The summed E-state index contributed by atoms with van der Waals surface area (Å²) >= 11 is 0. The van der Waals surface area contributed by atoms with Gasteiger partial charge in [0, 0.05) is 12.7 Å². The molecule has 2 N–H and O–H groups in total. The molecule has 1 heterocycles. The van der Waals surface area contributed by atoms with E-state index in [1.54, 1.807) is 19.1 Å². The largest absolute Gasteiger partial charge is 0.505 e. The molecule has 0 fully saturated rings. The second-order valence-corrected chi connectivity index (χ2v) is 5.26. The van der Waals surface area contributed by atoms with Crippen molar-refractivity contribution in [3.63, 3.8) is 0 Å². The van der Waals surface area contributed by atoms with Crippen LogP contribution < -0.4 is 5.32 Å². The van der Waals surface area contributed by atoms with Crippen molar-refractivity contribution in [2.24, 2.45) is 0 Å². The molecular weight excluding hydrogens is 278 g/mol. The van der Waals surface area contributed by atoms with Crippen LogP contribution in [0.1, 0.15) is 38.3 Å². The van der Waals surface area contributed by atoms with E-state index in [2.05, 4.69) is 16.4 Å². The summed E-state index contributed by atoms with van der Waals surface area (Å²) in [5, 5.41) is 21.5.